The van der Waals surface area contributed by atoms with Crippen molar-refractivity contribution in [3.05, 3.63) is 271 Å². The molecule has 0 unspecified atom stereocenters. The van der Waals surface area contributed by atoms with Crippen molar-refractivity contribution in [3.63, 3.8) is 0 Å². The van der Waals surface area contributed by atoms with Gasteiger partial charge < -0.3 is 4.90 Å². The minimum absolute atomic E-state index is 0.522. The normalized spacial score (nSPS) is 12.6. The van der Waals surface area contributed by atoms with E-state index in [0.717, 1.165) is 17.1 Å². The quantitative estimate of drug-likeness (QED) is 0.148. The lowest BCUT2D eigenvalue weighted by Gasteiger charge is -2.34. The first kappa shape index (κ1) is 37.0. The van der Waals surface area contributed by atoms with E-state index in [1.54, 1.807) is 0 Å². The first-order valence-electron chi connectivity index (χ1n) is 21.7. The number of benzene rings is 10. The molecule has 1 aliphatic carbocycles. The first-order valence-corrected chi connectivity index (χ1v) is 22.5. The highest BCUT2D eigenvalue weighted by Gasteiger charge is 2.47. The van der Waals surface area contributed by atoms with Crippen LogP contribution >= 0.6 is 11.3 Å². The number of hydrogen-bond donors (Lipinski definition) is 0. The predicted molar refractivity (Wildman–Crippen MR) is 268 cm³/mol. The molecule has 1 aliphatic rings. The lowest BCUT2D eigenvalue weighted by molar-refractivity contribution is 0.769. The van der Waals surface area contributed by atoms with E-state index in [0.29, 0.717) is 0 Å². The van der Waals surface area contributed by atoms with Crippen LogP contribution in [0.1, 0.15) is 22.3 Å². The van der Waals surface area contributed by atoms with Gasteiger partial charge in [0.1, 0.15) is 0 Å². The SMILES string of the molecule is c1ccc(-c2ccc(N(c3cc(-c4ccccc4)cc(-c4ccccc4)c3)c3ccc4c(c3)-c3c(ccc5c3sc3ccccc35)C4(c3ccccc3)c3ccccc3)cc2)cc1. The van der Waals surface area contributed by atoms with E-state index < -0.39 is 5.41 Å². The van der Waals surface area contributed by atoms with Gasteiger partial charge in [0.05, 0.1) is 5.41 Å². The molecule has 1 nitrogen and oxygen atoms in total. The van der Waals surface area contributed by atoms with Crippen LogP contribution in [0.2, 0.25) is 0 Å². The zero-order chi connectivity index (χ0) is 41.7. The van der Waals surface area contributed by atoms with Crippen LogP contribution in [0.4, 0.5) is 17.1 Å². The second-order valence-corrected chi connectivity index (χ2v) is 17.5. The second-order valence-electron chi connectivity index (χ2n) is 16.4. The third-order valence-electron chi connectivity index (χ3n) is 12.9. The van der Waals surface area contributed by atoms with Gasteiger partial charge in [-0.05, 0) is 110 Å². The first-order chi connectivity index (χ1) is 31.2. The molecular formula is C61H41NS. The van der Waals surface area contributed by atoms with E-state index in [1.165, 1.54) is 86.9 Å². The zero-order valence-electron chi connectivity index (χ0n) is 34.5. The average Bonchev–Trinajstić information content (AvgIpc) is 3.89. The van der Waals surface area contributed by atoms with Crippen LogP contribution in [0, 0.1) is 0 Å². The third kappa shape index (κ3) is 6.14. The van der Waals surface area contributed by atoms with E-state index in [9.17, 15) is 0 Å². The van der Waals surface area contributed by atoms with Crippen LogP contribution in [0.15, 0.2) is 249 Å². The Hall–Kier alpha value is -7.78. The summed E-state index contributed by atoms with van der Waals surface area (Å²) in [6, 6.07) is 91.5. The summed E-state index contributed by atoms with van der Waals surface area (Å²) < 4.78 is 2.64. The monoisotopic (exact) mass is 819 g/mol. The Balaban J connectivity index is 1.15. The van der Waals surface area contributed by atoms with Gasteiger partial charge in [-0.15, -0.1) is 11.3 Å². The van der Waals surface area contributed by atoms with Crippen LogP contribution in [0.25, 0.3) is 64.7 Å². The van der Waals surface area contributed by atoms with Crippen molar-refractivity contribution in [2.45, 2.75) is 5.41 Å². The van der Waals surface area contributed by atoms with Gasteiger partial charge in [0.15, 0.2) is 0 Å². The average molecular weight is 820 g/mol. The molecular weight excluding hydrogens is 779 g/mol. The molecule has 12 rings (SSSR count). The summed E-state index contributed by atoms with van der Waals surface area (Å²) in [4.78, 5) is 2.46. The molecule has 0 N–H and O–H groups in total. The molecule has 0 saturated heterocycles. The predicted octanol–water partition coefficient (Wildman–Crippen LogP) is 16.9. The molecule has 2 heteroatoms. The van der Waals surface area contributed by atoms with Gasteiger partial charge in [0, 0.05) is 42.8 Å². The molecule has 0 atom stereocenters. The van der Waals surface area contributed by atoms with Crippen LogP contribution in [-0.2, 0) is 5.41 Å². The molecule has 0 radical (unpaired) electrons. The van der Waals surface area contributed by atoms with E-state index in [2.05, 4.69) is 254 Å². The van der Waals surface area contributed by atoms with Crippen molar-refractivity contribution in [2.75, 3.05) is 4.90 Å². The fourth-order valence-electron chi connectivity index (χ4n) is 10.1. The summed E-state index contributed by atoms with van der Waals surface area (Å²) in [6.45, 7) is 0. The van der Waals surface area contributed by atoms with E-state index in [-0.39, 0.29) is 0 Å². The number of anilines is 3. The van der Waals surface area contributed by atoms with Crippen LogP contribution < -0.4 is 4.90 Å². The molecule has 0 saturated carbocycles. The molecule has 0 fully saturated rings. The summed E-state index contributed by atoms with van der Waals surface area (Å²) in [5, 5.41) is 2.61. The van der Waals surface area contributed by atoms with Crippen LogP contribution in [0.5, 0.6) is 0 Å². The lowest BCUT2D eigenvalue weighted by atomic mass is 9.67. The molecule has 1 heterocycles. The fourth-order valence-corrected chi connectivity index (χ4v) is 11.4. The highest BCUT2D eigenvalue weighted by Crippen LogP contribution is 2.60. The van der Waals surface area contributed by atoms with Gasteiger partial charge in [0.2, 0.25) is 0 Å². The van der Waals surface area contributed by atoms with Crippen molar-refractivity contribution in [1.82, 2.24) is 0 Å². The molecule has 296 valence electrons. The molecule has 0 aliphatic heterocycles. The third-order valence-corrected chi connectivity index (χ3v) is 14.1. The van der Waals surface area contributed by atoms with Crippen molar-refractivity contribution in [1.29, 1.82) is 0 Å². The van der Waals surface area contributed by atoms with Gasteiger partial charge in [-0.25, -0.2) is 0 Å². The fraction of sp³-hybridized carbons (Fsp3) is 0.0164. The summed E-state index contributed by atoms with van der Waals surface area (Å²) in [5.41, 5.74) is 17.6. The minimum Gasteiger partial charge on any atom is -0.310 e. The van der Waals surface area contributed by atoms with Crippen molar-refractivity contribution < 1.29 is 0 Å². The van der Waals surface area contributed by atoms with Crippen LogP contribution in [-0.4, -0.2) is 0 Å². The minimum atomic E-state index is -0.522. The number of hydrogen-bond acceptors (Lipinski definition) is 2. The number of nitrogens with zero attached hydrogens (tertiary/aromatic N) is 1. The summed E-state index contributed by atoms with van der Waals surface area (Å²) in [6.07, 6.45) is 0. The number of rotatable bonds is 8. The number of thiophene rings is 1. The highest BCUT2D eigenvalue weighted by atomic mass is 32.1. The van der Waals surface area contributed by atoms with Crippen molar-refractivity contribution >= 4 is 48.6 Å². The molecule has 10 aromatic carbocycles. The standard InChI is InChI=1S/C61H41NS/c1-6-18-42(19-7-1)45-30-32-50(33-31-45)62(52-39-46(43-20-8-2-9-21-43)38-47(40-52)44-22-10-3-11-23-44)51-34-36-56-55(41-51)59-57(37-35-54-53-28-16-17-29-58(53)63-60(54)59)61(56,48-24-12-4-13-25-48)49-26-14-5-15-27-49/h1-41H. The molecule has 0 bridgehead atoms. The van der Waals surface area contributed by atoms with E-state index in [4.69, 9.17) is 0 Å². The Kier molecular flexibility index (Phi) is 8.98. The van der Waals surface area contributed by atoms with Gasteiger partial charge in [-0.1, -0.05) is 200 Å². The van der Waals surface area contributed by atoms with Crippen LogP contribution in [0.3, 0.4) is 0 Å². The molecule has 0 amide bonds. The summed E-state index contributed by atoms with van der Waals surface area (Å²) in [5.74, 6) is 0. The van der Waals surface area contributed by atoms with Gasteiger partial charge in [-0.2, -0.15) is 0 Å². The Bertz CT molecular complexity index is 3310. The maximum Gasteiger partial charge on any atom is 0.0714 e. The molecule has 63 heavy (non-hydrogen) atoms. The van der Waals surface area contributed by atoms with Gasteiger partial charge in [-0.3, -0.25) is 0 Å². The molecule has 1 aromatic heterocycles. The maximum absolute atomic E-state index is 2.48. The summed E-state index contributed by atoms with van der Waals surface area (Å²) >= 11 is 1.91. The Morgan fingerprint density at radius 3 is 1.38 bits per heavy atom. The van der Waals surface area contributed by atoms with Crippen molar-refractivity contribution in [2.24, 2.45) is 0 Å². The Morgan fingerprint density at radius 2 is 0.794 bits per heavy atom. The molecule has 0 spiro atoms. The Morgan fingerprint density at radius 1 is 0.317 bits per heavy atom. The smallest absolute Gasteiger partial charge is 0.0714 e. The highest BCUT2D eigenvalue weighted by molar-refractivity contribution is 7.26. The Labute approximate surface area is 372 Å². The summed E-state index contributed by atoms with van der Waals surface area (Å²) in [7, 11) is 0. The van der Waals surface area contributed by atoms with Crippen molar-refractivity contribution in [3.8, 4) is 44.5 Å². The maximum atomic E-state index is 2.48. The zero-order valence-corrected chi connectivity index (χ0v) is 35.3. The van der Waals surface area contributed by atoms with Gasteiger partial charge in [0.25, 0.3) is 0 Å². The lowest BCUT2D eigenvalue weighted by Crippen LogP contribution is -2.28. The largest absolute Gasteiger partial charge is 0.310 e. The molecule has 11 aromatic rings. The van der Waals surface area contributed by atoms with E-state index in [1.807, 2.05) is 11.3 Å². The van der Waals surface area contributed by atoms with E-state index >= 15 is 0 Å². The second kappa shape index (κ2) is 15.3. The van der Waals surface area contributed by atoms with Gasteiger partial charge >= 0.3 is 0 Å². The number of fused-ring (bicyclic) bond motifs is 7. The topological polar surface area (TPSA) is 3.24 Å².